The molecule has 2 amide bonds. The summed E-state index contributed by atoms with van der Waals surface area (Å²) in [4.78, 5) is 16.0. The number of carbonyl (C=O) groups is 1. The fourth-order valence-corrected chi connectivity index (χ4v) is 2.43. The molecule has 2 heterocycles. The largest absolute Gasteiger partial charge is 0.376 e. The number of pyridine rings is 1. The predicted octanol–water partition coefficient (Wildman–Crippen LogP) is 2.06. The number of hydrogen-bond acceptors (Lipinski definition) is 4. The topological polar surface area (TPSA) is 75.3 Å². The fourth-order valence-electron chi connectivity index (χ4n) is 2.43. The monoisotopic (exact) mass is 306 g/mol. The fraction of sp³-hybridized carbons (Fsp3) is 0.625. The van der Waals surface area contributed by atoms with Gasteiger partial charge in [-0.15, -0.1) is 0 Å². The van der Waals surface area contributed by atoms with Crippen LogP contribution < -0.4 is 16.0 Å². The first-order chi connectivity index (χ1) is 10.6. The number of aryl methyl sites for hydroxylation is 1. The summed E-state index contributed by atoms with van der Waals surface area (Å²) in [5.41, 5.74) is 1.14. The quantitative estimate of drug-likeness (QED) is 0.674. The zero-order valence-corrected chi connectivity index (χ0v) is 13.4. The lowest BCUT2D eigenvalue weighted by Crippen LogP contribution is -2.46. The van der Waals surface area contributed by atoms with Crippen LogP contribution in [0.2, 0.25) is 0 Å². The molecule has 0 saturated carbocycles. The summed E-state index contributed by atoms with van der Waals surface area (Å²) in [6.07, 6.45) is 4.93. The molecule has 6 nitrogen and oxygen atoms in total. The minimum Gasteiger partial charge on any atom is -0.376 e. The van der Waals surface area contributed by atoms with E-state index < -0.39 is 0 Å². The Kier molecular flexibility index (Phi) is 6.45. The van der Waals surface area contributed by atoms with E-state index in [0.717, 1.165) is 43.8 Å². The van der Waals surface area contributed by atoms with E-state index in [-0.39, 0.29) is 18.2 Å². The highest BCUT2D eigenvalue weighted by Gasteiger charge is 2.23. The van der Waals surface area contributed by atoms with Gasteiger partial charge in [0.25, 0.3) is 0 Å². The smallest absolute Gasteiger partial charge is 0.315 e. The van der Waals surface area contributed by atoms with E-state index in [4.69, 9.17) is 4.74 Å². The van der Waals surface area contributed by atoms with Gasteiger partial charge in [-0.25, -0.2) is 9.78 Å². The third-order valence-electron chi connectivity index (χ3n) is 3.74. The van der Waals surface area contributed by atoms with Gasteiger partial charge in [0.2, 0.25) is 0 Å². The lowest BCUT2D eigenvalue weighted by molar-refractivity contribution is 0.0860. The maximum absolute atomic E-state index is 11.8. The number of aromatic nitrogens is 1. The Morgan fingerprint density at radius 1 is 1.45 bits per heavy atom. The van der Waals surface area contributed by atoms with Crippen LogP contribution in [-0.4, -0.2) is 42.9 Å². The third-order valence-corrected chi connectivity index (χ3v) is 3.74. The van der Waals surface area contributed by atoms with E-state index in [0.29, 0.717) is 6.54 Å². The van der Waals surface area contributed by atoms with Gasteiger partial charge in [-0.3, -0.25) is 0 Å². The van der Waals surface area contributed by atoms with Crippen molar-refractivity contribution in [3.8, 4) is 0 Å². The number of amides is 2. The number of nitrogens with zero attached hydrogens (tertiary/aromatic N) is 1. The van der Waals surface area contributed by atoms with E-state index in [1.165, 1.54) is 0 Å². The number of anilines is 1. The molecule has 2 atom stereocenters. The summed E-state index contributed by atoms with van der Waals surface area (Å²) < 4.78 is 5.56. The summed E-state index contributed by atoms with van der Waals surface area (Å²) in [5, 5.41) is 9.02. The predicted molar refractivity (Wildman–Crippen MR) is 87.1 cm³/mol. The molecule has 0 bridgehead atoms. The highest BCUT2D eigenvalue weighted by molar-refractivity contribution is 5.74. The summed E-state index contributed by atoms with van der Waals surface area (Å²) in [5.74, 6) is 0.863. The summed E-state index contributed by atoms with van der Waals surface area (Å²) in [6.45, 7) is 6.20. The summed E-state index contributed by atoms with van der Waals surface area (Å²) in [7, 11) is 0. The second kappa shape index (κ2) is 8.58. The standard InChI is InChI=1S/C16H26N4O2/c1-12-6-7-15(19-11-12)17-8-4-9-18-16(21)20-13(2)14-5-3-10-22-14/h6-7,11,13-14H,3-5,8-10H2,1-2H3,(H,17,19)(H2,18,20,21)/t13-,14+/m0/s1. The van der Waals surface area contributed by atoms with Crippen molar-refractivity contribution in [2.75, 3.05) is 25.0 Å². The summed E-state index contributed by atoms with van der Waals surface area (Å²) in [6, 6.07) is 3.90. The van der Waals surface area contributed by atoms with E-state index in [1.807, 2.05) is 32.2 Å². The molecule has 1 aromatic heterocycles. The number of nitrogens with one attached hydrogen (secondary N) is 3. The van der Waals surface area contributed by atoms with Crippen molar-refractivity contribution < 1.29 is 9.53 Å². The maximum atomic E-state index is 11.8. The van der Waals surface area contributed by atoms with Crippen molar-refractivity contribution >= 4 is 11.8 Å². The van der Waals surface area contributed by atoms with Gasteiger partial charge in [0, 0.05) is 25.9 Å². The van der Waals surface area contributed by atoms with Crippen molar-refractivity contribution in [3.63, 3.8) is 0 Å². The zero-order valence-electron chi connectivity index (χ0n) is 13.4. The first kappa shape index (κ1) is 16.5. The second-order valence-corrected chi connectivity index (χ2v) is 5.74. The van der Waals surface area contributed by atoms with Gasteiger partial charge in [-0.05, 0) is 44.7 Å². The highest BCUT2D eigenvalue weighted by Crippen LogP contribution is 2.15. The number of carbonyl (C=O) groups excluding carboxylic acids is 1. The Morgan fingerprint density at radius 2 is 2.32 bits per heavy atom. The van der Waals surface area contributed by atoms with Gasteiger partial charge in [0.1, 0.15) is 5.82 Å². The van der Waals surface area contributed by atoms with Crippen molar-refractivity contribution in [2.45, 2.75) is 45.3 Å². The molecule has 0 spiro atoms. The molecule has 1 fully saturated rings. The molecule has 22 heavy (non-hydrogen) atoms. The van der Waals surface area contributed by atoms with Crippen LogP contribution in [0.15, 0.2) is 18.3 Å². The minimum atomic E-state index is -0.128. The lowest BCUT2D eigenvalue weighted by Gasteiger charge is -2.20. The first-order valence-electron chi connectivity index (χ1n) is 7.97. The second-order valence-electron chi connectivity index (χ2n) is 5.74. The molecule has 3 N–H and O–H groups in total. The zero-order chi connectivity index (χ0) is 15.8. The number of urea groups is 1. The van der Waals surface area contributed by atoms with Crippen molar-refractivity contribution in [1.82, 2.24) is 15.6 Å². The number of rotatable bonds is 7. The Labute approximate surface area is 132 Å². The molecule has 2 rings (SSSR count). The lowest BCUT2D eigenvalue weighted by atomic mass is 10.1. The van der Waals surface area contributed by atoms with E-state index in [9.17, 15) is 4.79 Å². The molecule has 122 valence electrons. The Morgan fingerprint density at radius 3 is 3.00 bits per heavy atom. The molecular formula is C16H26N4O2. The Balaban J connectivity index is 1.54. The molecule has 0 radical (unpaired) electrons. The van der Waals surface area contributed by atoms with Crippen molar-refractivity contribution in [1.29, 1.82) is 0 Å². The van der Waals surface area contributed by atoms with Gasteiger partial charge in [0.15, 0.2) is 0 Å². The summed E-state index contributed by atoms with van der Waals surface area (Å²) >= 11 is 0. The van der Waals surface area contributed by atoms with Crippen LogP contribution in [0.4, 0.5) is 10.6 Å². The van der Waals surface area contributed by atoms with Crippen LogP contribution in [0.25, 0.3) is 0 Å². The van der Waals surface area contributed by atoms with E-state index in [2.05, 4.69) is 20.9 Å². The third kappa shape index (κ3) is 5.52. The number of ether oxygens (including phenoxy) is 1. The van der Waals surface area contributed by atoms with E-state index >= 15 is 0 Å². The molecule has 1 aliphatic rings. The van der Waals surface area contributed by atoms with Crippen LogP contribution in [-0.2, 0) is 4.74 Å². The van der Waals surface area contributed by atoms with Crippen LogP contribution in [0.5, 0.6) is 0 Å². The average Bonchev–Trinajstić information content (AvgIpc) is 3.03. The van der Waals surface area contributed by atoms with Gasteiger partial charge in [-0.2, -0.15) is 0 Å². The molecular weight excluding hydrogens is 280 g/mol. The molecule has 1 aliphatic heterocycles. The van der Waals surface area contributed by atoms with Crippen LogP contribution in [0.3, 0.4) is 0 Å². The highest BCUT2D eigenvalue weighted by atomic mass is 16.5. The van der Waals surface area contributed by atoms with Gasteiger partial charge in [-0.1, -0.05) is 6.07 Å². The Bertz CT molecular complexity index is 458. The van der Waals surface area contributed by atoms with E-state index in [1.54, 1.807) is 0 Å². The molecule has 0 aromatic carbocycles. The van der Waals surface area contributed by atoms with Crippen LogP contribution in [0, 0.1) is 6.92 Å². The van der Waals surface area contributed by atoms with Crippen molar-refractivity contribution in [2.24, 2.45) is 0 Å². The van der Waals surface area contributed by atoms with Gasteiger partial charge in [0.05, 0.1) is 12.1 Å². The minimum absolute atomic E-state index is 0.0531. The van der Waals surface area contributed by atoms with Crippen molar-refractivity contribution in [3.05, 3.63) is 23.9 Å². The first-order valence-corrected chi connectivity index (χ1v) is 7.97. The van der Waals surface area contributed by atoms with Gasteiger partial charge >= 0.3 is 6.03 Å². The molecule has 1 saturated heterocycles. The molecule has 6 heteroatoms. The number of hydrogen-bond donors (Lipinski definition) is 3. The Hall–Kier alpha value is -1.82. The molecule has 0 aliphatic carbocycles. The maximum Gasteiger partial charge on any atom is 0.315 e. The average molecular weight is 306 g/mol. The van der Waals surface area contributed by atoms with Gasteiger partial charge < -0.3 is 20.7 Å². The normalized spacial score (nSPS) is 18.7. The molecule has 1 aromatic rings. The van der Waals surface area contributed by atoms with Crippen LogP contribution >= 0.6 is 0 Å². The SMILES string of the molecule is Cc1ccc(NCCCNC(=O)N[C@@H](C)[C@H]2CCCO2)nc1. The van der Waals surface area contributed by atoms with Crippen LogP contribution in [0.1, 0.15) is 31.7 Å². The molecule has 0 unspecified atom stereocenters.